The van der Waals surface area contributed by atoms with Gasteiger partial charge in [-0.25, -0.2) is 0 Å². The van der Waals surface area contributed by atoms with Crippen LogP contribution in [0.15, 0.2) is 0 Å². The summed E-state index contributed by atoms with van der Waals surface area (Å²) < 4.78 is 5.85. The van der Waals surface area contributed by atoms with Crippen molar-refractivity contribution in [2.24, 2.45) is 23.2 Å². The lowest BCUT2D eigenvalue weighted by Crippen LogP contribution is -2.53. The summed E-state index contributed by atoms with van der Waals surface area (Å²) in [4.78, 5) is 27.1. The number of fused-ring (bicyclic) bond motifs is 4. The van der Waals surface area contributed by atoms with Crippen LogP contribution in [-0.4, -0.2) is 17.4 Å². The Balaban J connectivity index is 1.56. The Bertz CT molecular complexity index is 921. The maximum absolute atomic E-state index is 12.6. The molecule has 0 aliphatic heterocycles. The summed E-state index contributed by atoms with van der Waals surface area (Å²) in [5.41, 5.74) is 1.57. The second-order valence-corrected chi connectivity index (χ2v) is 10.9. The minimum atomic E-state index is -0.756. The number of esters is 1. The van der Waals surface area contributed by atoms with Crippen molar-refractivity contribution in [1.29, 1.82) is 0 Å². The molecule has 2 saturated carbocycles. The summed E-state index contributed by atoms with van der Waals surface area (Å²) in [5, 5.41) is 0. The molecular formula is C24H28O3S. The highest BCUT2D eigenvalue weighted by atomic mass is 32.1. The standard InChI is InChI=1S/C24H28O3S/c1-5-24(27-14(3)25)11-9-18-17-12-20-22-16(15(17)8-10-23(18,24)4)6-7-19(26)21(22)13(2)28-20/h1,15-18H,6-12H2,2-4H3. The first-order chi connectivity index (χ1) is 13.3. The number of terminal acetylenes is 1. The van der Waals surface area contributed by atoms with E-state index in [4.69, 9.17) is 11.2 Å². The maximum atomic E-state index is 12.6. The number of rotatable bonds is 1. The molecule has 5 rings (SSSR count). The van der Waals surface area contributed by atoms with Gasteiger partial charge in [-0.2, -0.15) is 0 Å². The van der Waals surface area contributed by atoms with Crippen molar-refractivity contribution in [3.05, 3.63) is 20.9 Å². The van der Waals surface area contributed by atoms with E-state index in [1.807, 2.05) is 11.3 Å². The first-order valence-electron chi connectivity index (χ1n) is 10.6. The zero-order chi connectivity index (χ0) is 19.8. The summed E-state index contributed by atoms with van der Waals surface area (Å²) in [5.74, 6) is 5.26. The fourth-order valence-electron chi connectivity index (χ4n) is 7.50. The van der Waals surface area contributed by atoms with Crippen LogP contribution in [0, 0.1) is 42.4 Å². The van der Waals surface area contributed by atoms with Crippen LogP contribution in [0.2, 0.25) is 0 Å². The zero-order valence-electron chi connectivity index (χ0n) is 17.0. The first kappa shape index (κ1) is 18.4. The van der Waals surface area contributed by atoms with E-state index in [1.54, 1.807) is 0 Å². The van der Waals surface area contributed by atoms with Crippen molar-refractivity contribution in [2.75, 3.05) is 0 Å². The van der Waals surface area contributed by atoms with E-state index in [1.165, 1.54) is 22.2 Å². The molecule has 4 heteroatoms. The normalized spacial score (nSPS) is 40.9. The lowest BCUT2D eigenvalue weighted by molar-refractivity contribution is -0.166. The van der Waals surface area contributed by atoms with Crippen LogP contribution in [0.5, 0.6) is 0 Å². The van der Waals surface area contributed by atoms with E-state index in [2.05, 4.69) is 19.8 Å². The van der Waals surface area contributed by atoms with E-state index in [9.17, 15) is 9.59 Å². The van der Waals surface area contributed by atoms with Crippen molar-refractivity contribution in [1.82, 2.24) is 0 Å². The van der Waals surface area contributed by atoms with E-state index in [-0.39, 0.29) is 11.4 Å². The summed E-state index contributed by atoms with van der Waals surface area (Å²) in [6.07, 6.45) is 12.7. The second-order valence-electron chi connectivity index (χ2n) is 9.64. The molecule has 2 fully saturated rings. The summed E-state index contributed by atoms with van der Waals surface area (Å²) in [7, 11) is 0. The van der Waals surface area contributed by atoms with Crippen LogP contribution in [-0.2, 0) is 16.0 Å². The van der Waals surface area contributed by atoms with Crippen molar-refractivity contribution < 1.29 is 14.3 Å². The van der Waals surface area contributed by atoms with Gasteiger partial charge in [0.1, 0.15) is 0 Å². The number of carbonyl (C=O) groups excluding carboxylic acids is 2. The Morgan fingerprint density at radius 3 is 2.75 bits per heavy atom. The molecule has 148 valence electrons. The van der Waals surface area contributed by atoms with Crippen molar-refractivity contribution in [3.8, 4) is 12.3 Å². The van der Waals surface area contributed by atoms with Crippen molar-refractivity contribution >= 4 is 23.1 Å². The molecule has 0 spiro atoms. The lowest BCUT2D eigenvalue weighted by atomic mass is 9.51. The van der Waals surface area contributed by atoms with Gasteiger partial charge in [0, 0.05) is 34.1 Å². The number of hydrogen-bond donors (Lipinski definition) is 0. The number of ketones is 1. The Morgan fingerprint density at radius 1 is 1.25 bits per heavy atom. The molecule has 6 unspecified atom stereocenters. The minimum absolute atomic E-state index is 0.147. The van der Waals surface area contributed by atoms with Crippen LogP contribution < -0.4 is 0 Å². The molecule has 3 nitrogen and oxygen atoms in total. The van der Waals surface area contributed by atoms with E-state index < -0.39 is 5.60 Å². The molecule has 6 atom stereocenters. The molecule has 4 aliphatic rings. The molecule has 1 aromatic heterocycles. The smallest absolute Gasteiger partial charge is 0.304 e. The van der Waals surface area contributed by atoms with Crippen LogP contribution in [0.25, 0.3) is 0 Å². The van der Waals surface area contributed by atoms with Crippen molar-refractivity contribution in [3.63, 3.8) is 0 Å². The van der Waals surface area contributed by atoms with Gasteiger partial charge >= 0.3 is 5.97 Å². The van der Waals surface area contributed by atoms with Crippen molar-refractivity contribution in [2.45, 2.75) is 77.2 Å². The Morgan fingerprint density at radius 2 is 2.04 bits per heavy atom. The van der Waals surface area contributed by atoms with Gasteiger partial charge < -0.3 is 4.74 Å². The molecule has 0 saturated heterocycles. The highest BCUT2D eigenvalue weighted by molar-refractivity contribution is 7.12. The molecule has 0 bridgehead atoms. The van der Waals surface area contributed by atoms with Gasteiger partial charge in [0.05, 0.1) is 0 Å². The summed E-state index contributed by atoms with van der Waals surface area (Å²) in [6.45, 7) is 5.87. The van der Waals surface area contributed by atoms with Crippen LogP contribution in [0.3, 0.4) is 0 Å². The highest BCUT2D eigenvalue weighted by Gasteiger charge is 2.64. The predicted molar refractivity (Wildman–Crippen MR) is 109 cm³/mol. The quantitative estimate of drug-likeness (QED) is 0.493. The van der Waals surface area contributed by atoms with Gasteiger partial charge in [0.2, 0.25) is 0 Å². The number of hydrogen-bond acceptors (Lipinski definition) is 4. The second kappa shape index (κ2) is 5.95. The average Bonchev–Trinajstić information content (AvgIpc) is 3.13. The fourth-order valence-corrected chi connectivity index (χ4v) is 8.83. The molecular weight excluding hydrogens is 368 g/mol. The topological polar surface area (TPSA) is 43.4 Å². The first-order valence-corrected chi connectivity index (χ1v) is 11.5. The minimum Gasteiger partial charge on any atom is -0.445 e. The zero-order valence-corrected chi connectivity index (χ0v) is 17.8. The third-order valence-electron chi connectivity index (χ3n) is 8.63. The van der Waals surface area contributed by atoms with Gasteiger partial charge in [0.25, 0.3) is 0 Å². The molecule has 0 amide bonds. The summed E-state index contributed by atoms with van der Waals surface area (Å²) in [6, 6.07) is 0. The van der Waals surface area contributed by atoms with Gasteiger partial charge in [-0.05, 0) is 74.7 Å². The number of carbonyl (C=O) groups is 2. The number of ether oxygens (including phenoxy) is 1. The molecule has 0 aromatic carbocycles. The lowest BCUT2D eigenvalue weighted by Gasteiger charge is -2.54. The predicted octanol–water partition coefficient (Wildman–Crippen LogP) is 5.05. The number of thiophene rings is 1. The Hall–Kier alpha value is -1.60. The van der Waals surface area contributed by atoms with Crippen LogP contribution >= 0.6 is 11.3 Å². The molecule has 1 heterocycles. The number of Topliss-reactive ketones (excluding diaryl/α,β-unsaturated/α-hetero) is 1. The average molecular weight is 397 g/mol. The molecule has 0 radical (unpaired) electrons. The number of aryl methyl sites for hydroxylation is 1. The van der Waals surface area contributed by atoms with Gasteiger partial charge in [-0.15, -0.1) is 17.8 Å². The molecule has 1 aromatic rings. The van der Waals surface area contributed by atoms with Gasteiger partial charge in [0.15, 0.2) is 11.4 Å². The van der Waals surface area contributed by atoms with Crippen LogP contribution in [0.4, 0.5) is 0 Å². The summed E-state index contributed by atoms with van der Waals surface area (Å²) >= 11 is 1.85. The highest BCUT2D eigenvalue weighted by Crippen LogP contribution is 2.66. The van der Waals surface area contributed by atoms with E-state index in [0.717, 1.165) is 44.1 Å². The fraction of sp³-hybridized carbons (Fsp3) is 0.667. The molecule has 0 N–H and O–H groups in total. The van der Waals surface area contributed by atoms with Gasteiger partial charge in [-0.3, -0.25) is 9.59 Å². The van der Waals surface area contributed by atoms with E-state index in [0.29, 0.717) is 35.9 Å². The molecule has 4 aliphatic carbocycles. The van der Waals surface area contributed by atoms with Gasteiger partial charge in [-0.1, -0.05) is 12.8 Å². The third kappa shape index (κ3) is 2.17. The molecule has 28 heavy (non-hydrogen) atoms. The van der Waals surface area contributed by atoms with Crippen LogP contribution in [0.1, 0.15) is 84.0 Å². The Kier molecular flexibility index (Phi) is 3.92. The van der Waals surface area contributed by atoms with E-state index >= 15 is 0 Å². The maximum Gasteiger partial charge on any atom is 0.304 e. The Labute approximate surface area is 171 Å². The monoisotopic (exact) mass is 396 g/mol. The third-order valence-corrected chi connectivity index (χ3v) is 9.77. The SMILES string of the molecule is C#CC1(OC(C)=O)CCC2C3Cc4sc(C)c5c4C(CCC5=O)C3CCC21C. The largest absolute Gasteiger partial charge is 0.445 e.